The molecule has 106 valence electrons. The molecule has 3 atom stereocenters. The van der Waals surface area contributed by atoms with Gasteiger partial charge in [-0.25, -0.2) is 0 Å². The summed E-state index contributed by atoms with van der Waals surface area (Å²) >= 11 is 0. The fourth-order valence-electron chi connectivity index (χ4n) is 3.55. The van der Waals surface area contributed by atoms with Crippen LogP contribution in [0.4, 0.5) is 0 Å². The molecule has 2 rings (SSSR count). The SMILES string of the molecule is CN(C)C1CCCN(C2CCCC(N)(CO)C2)C1. The molecule has 1 heterocycles. The van der Waals surface area contributed by atoms with Crippen molar-refractivity contribution in [2.24, 2.45) is 5.73 Å². The molecule has 1 aliphatic carbocycles. The van der Waals surface area contributed by atoms with Crippen LogP contribution in [0.3, 0.4) is 0 Å². The van der Waals surface area contributed by atoms with Gasteiger partial charge in [0.15, 0.2) is 0 Å². The molecule has 4 nitrogen and oxygen atoms in total. The van der Waals surface area contributed by atoms with Gasteiger partial charge in [0.05, 0.1) is 6.61 Å². The van der Waals surface area contributed by atoms with E-state index in [-0.39, 0.29) is 12.1 Å². The highest BCUT2D eigenvalue weighted by Gasteiger charge is 2.36. The first-order chi connectivity index (χ1) is 8.54. The van der Waals surface area contributed by atoms with Gasteiger partial charge in [-0.3, -0.25) is 4.90 Å². The van der Waals surface area contributed by atoms with Gasteiger partial charge in [-0.1, -0.05) is 0 Å². The van der Waals surface area contributed by atoms with Crippen LogP contribution in [0.1, 0.15) is 38.5 Å². The van der Waals surface area contributed by atoms with Crippen molar-refractivity contribution in [2.45, 2.75) is 56.1 Å². The van der Waals surface area contributed by atoms with E-state index in [1.165, 1.54) is 32.4 Å². The molecule has 0 spiro atoms. The van der Waals surface area contributed by atoms with Crippen molar-refractivity contribution in [3.63, 3.8) is 0 Å². The van der Waals surface area contributed by atoms with E-state index < -0.39 is 0 Å². The second-order valence-corrected chi connectivity index (χ2v) is 6.53. The lowest BCUT2D eigenvalue weighted by Crippen LogP contribution is -2.56. The Labute approximate surface area is 111 Å². The summed E-state index contributed by atoms with van der Waals surface area (Å²) in [5, 5.41) is 9.45. The van der Waals surface area contributed by atoms with Crippen LogP contribution in [0, 0.1) is 0 Å². The Balaban J connectivity index is 1.94. The fourth-order valence-corrected chi connectivity index (χ4v) is 3.55. The molecule has 0 aromatic rings. The summed E-state index contributed by atoms with van der Waals surface area (Å²) in [6.45, 7) is 2.50. The summed E-state index contributed by atoms with van der Waals surface area (Å²) in [4.78, 5) is 4.96. The van der Waals surface area contributed by atoms with E-state index in [1.807, 2.05) is 0 Å². The summed E-state index contributed by atoms with van der Waals surface area (Å²) in [5.41, 5.74) is 5.94. The number of nitrogens with zero attached hydrogens (tertiary/aromatic N) is 2. The topological polar surface area (TPSA) is 52.7 Å². The molecule has 4 heteroatoms. The van der Waals surface area contributed by atoms with Gasteiger partial charge in [0.25, 0.3) is 0 Å². The van der Waals surface area contributed by atoms with Crippen LogP contribution >= 0.6 is 0 Å². The standard InChI is InChI=1S/C14H29N3O/c1-16(2)13-6-4-8-17(10-13)12-5-3-7-14(15,9-12)11-18/h12-13,18H,3-11,15H2,1-2H3. The average molecular weight is 255 g/mol. The molecular formula is C14H29N3O. The second-order valence-electron chi connectivity index (χ2n) is 6.53. The average Bonchev–Trinajstić information content (AvgIpc) is 2.39. The number of hydrogen-bond donors (Lipinski definition) is 2. The van der Waals surface area contributed by atoms with Crippen molar-refractivity contribution in [1.82, 2.24) is 9.80 Å². The van der Waals surface area contributed by atoms with Gasteiger partial charge < -0.3 is 15.7 Å². The number of piperidine rings is 1. The quantitative estimate of drug-likeness (QED) is 0.777. The maximum atomic E-state index is 9.45. The van der Waals surface area contributed by atoms with Gasteiger partial charge in [0, 0.05) is 24.2 Å². The summed E-state index contributed by atoms with van der Waals surface area (Å²) in [6, 6.07) is 1.26. The molecule has 2 fully saturated rings. The van der Waals surface area contributed by atoms with Crippen LogP contribution < -0.4 is 5.73 Å². The molecule has 1 saturated carbocycles. The van der Waals surface area contributed by atoms with Crippen LogP contribution in [-0.4, -0.2) is 66.3 Å². The van der Waals surface area contributed by atoms with Gasteiger partial charge in [-0.2, -0.15) is 0 Å². The molecule has 1 saturated heterocycles. The first-order valence-electron chi connectivity index (χ1n) is 7.34. The van der Waals surface area contributed by atoms with E-state index in [2.05, 4.69) is 23.9 Å². The Hall–Kier alpha value is -0.160. The number of rotatable bonds is 3. The first kappa shape index (κ1) is 14.3. The maximum Gasteiger partial charge on any atom is 0.0611 e. The van der Waals surface area contributed by atoms with Crippen LogP contribution in [-0.2, 0) is 0 Å². The van der Waals surface area contributed by atoms with Crippen molar-refractivity contribution in [3.05, 3.63) is 0 Å². The Kier molecular flexibility index (Phi) is 4.64. The number of aliphatic hydroxyl groups excluding tert-OH is 1. The van der Waals surface area contributed by atoms with Crippen molar-refractivity contribution in [1.29, 1.82) is 0 Å². The van der Waals surface area contributed by atoms with E-state index in [4.69, 9.17) is 5.73 Å². The molecule has 1 aliphatic heterocycles. The molecular weight excluding hydrogens is 226 g/mol. The predicted molar refractivity (Wildman–Crippen MR) is 74.5 cm³/mol. The zero-order valence-corrected chi connectivity index (χ0v) is 11.9. The van der Waals surface area contributed by atoms with E-state index in [0.29, 0.717) is 12.1 Å². The van der Waals surface area contributed by atoms with Crippen molar-refractivity contribution >= 4 is 0 Å². The van der Waals surface area contributed by atoms with E-state index in [1.54, 1.807) is 0 Å². The summed E-state index contributed by atoms with van der Waals surface area (Å²) in [6.07, 6.45) is 6.94. The highest BCUT2D eigenvalue weighted by atomic mass is 16.3. The zero-order valence-electron chi connectivity index (χ0n) is 11.9. The molecule has 2 aliphatic rings. The third kappa shape index (κ3) is 3.23. The molecule has 0 bridgehead atoms. The molecule has 3 unspecified atom stereocenters. The van der Waals surface area contributed by atoms with Gasteiger partial charge in [0.1, 0.15) is 0 Å². The lowest BCUT2D eigenvalue weighted by molar-refractivity contribution is 0.0448. The van der Waals surface area contributed by atoms with Gasteiger partial charge in [0.2, 0.25) is 0 Å². The number of nitrogens with two attached hydrogens (primary N) is 1. The lowest BCUT2D eigenvalue weighted by Gasteiger charge is -2.45. The van der Waals surface area contributed by atoms with Crippen molar-refractivity contribution in [3.8, 4) is 0 Å². The normalized spacial score (nSPS) is 39.2. The molecule has 0 amide bonds. The number of likely N-dealkylation sites (N-methyl/N-ethyl adjacent to an activating group) is 1. The van der Waals surface area contributed by atoms with Gasteiger partial charge in [-0.05, 0) is 59.2 Å². The van der Waals surface area contributed by atoms with Crippen LogP contribution in [0.2, 0.25) is 0 Å². The van der Waals surface area contributed by atoms with Gasteiger partial charge >= 0.3 is 0 Å². The third-order valence-electron chi connectivity index (χ3n) is 4.84. The minimum atomic E-state index is -0.325. The molecule has 3 N–H and O–H groups in total. The molecule has 0 radical (unpaired) electrons. The zero-order chi connectivity index (χ0) is 13.2. The lowest BCUT2D eigenvalue weighted by atomic mass is 9.79. The minimum Gasteiger partial charge on any atom is -0.394 e. The molecule has 0 aromatic carbocycles. The number of likely N-dealkylation sites (tertiary alicyclic amines) is 1. The second kappa shape index (κ2) is 5.87. The van der Waals surface area contributed by atoms with Crippen molar-refractivity contribution in [2.75, 3.05) is 33.8 Å². The van der Waals surface area contributed by atoms with Crippen LogP contribution in [0.25, 0.3) is 0 Å². The Morgan fingerprint density at radius 1 is 1.33 bits per heavy atom. The Morgan fingerprint density at radius 2 is 2.11 bits per heavy atom. The maximum absolute atomic E-state index is 9.45. The minimum absolute atomic E-state index is 0.133. The van der Waals surface area contributed by atoms with Crippen molar-refractivity contribution < 1.29 is 5.11 Å². The van der Waals surface area contributed by atoms with Crippen LogP contribution in [0.5, 0.6) is 0 Å². The Morgan fingerprint density at radius 3 is 2.78 bits per heavy atom. The third-order valence-corrected chi connectivity index (χ3v) is 4.84. The smallest absolute Gasteiger partial charge is 0.0611 e. The highest BCUT2D eigenvalue weighted by molar-refractivity contribution is 4.95. The van der Waals surface area contributed by atoms with Crippen LogP contribution in [0.15, 0.2) is 0 Å². The number of hydrogen-bond acceptors (Lipinski definition) is 4. The number of aliphatic hydroxyl groups is 1. The highest BCUT2D eigenvalue weighted by Crippen LogP contribution is 2.31. The summed E-state index contributed by atoms with van der Waals surface area (Å²) in [7, 11) is 4.35. The van der Waals surface area contributed by atoms with E-state index >= 15 is 0 Å². The first-order valence-corrected chi connectivity index (χ1v) is 7.34. The largest absolute Gasteiger partial charge is 0.394 e. The predicted octanol–water partition coefficient (Wildman–Crippen LogP) is 0.645. The fraction of sp³-hybridized carbons (Fsp3) is 1.00. The van der Waals surface area contributed by atoms with E-state index in [0.717, 1.165) is 19.3 Å². The van der Waals surface area contributed by atoms with Gasteiger partial charge in [-0.15, -0.1) is 0 Å². The summed E-state index contributed by atoms with van der Waals surface area (Å²) < 4.78 is 0. The summed E-state index contributed by atoms with van der Waals surface area (Å²) in [5.74, 6) is 0. The Bertz CT molecular complexity index is 272. The monoisotopic (exact) mass is 255 g/mol. The van der Waals surface area contributed by atoms with E-state index in [9.17, 15) is 5.11 Å². The molecule has 0 aromatic heterocycles. The molecule has 18 heavy (non-hydrogen) atoms.